The maximum absolute atomic E-state index is 10.9. The lowest BCUT2D eigenvalue weighted by atomic mass is 10.2. The van der Waals surface area contributed by atoms with E-state index in [9.17, 15) is 4.79 Å². The lowest BCUT2D eigenvalue weighted by Crippen LogP contribution is -2.35. The minimum Gasteiger partial charge on any atom is -0.450 e. The molecule has 12 heavy (non-hydrogen) atoms. The highest BCUT2D eigenvalue weighted by atomic mass is 16.5. The van der Waals surface area contributed by atoms with E-state index in [1.165, 1.54) is 0 Å². The second kappa shape index (κ2) is 6.91. The minimum absolute atomic E-state index is 0.0223. The van der Waals surface area contributed by atoms with Gasteiger partial charge in [-0.2, -0.15) is 0 Å². The van der Waals surface area contributed by atoms with Crippen LogP contribution in [-0.4, -0.2) is 30.5 Å². The predicted molar refractivity (Wildman–Crippen MR) is 45.9 cm³/mol. The summed E-state index contributed by atoms with van der Waals surface area (Å²) in [6.07, 6.45) is 0.979. The lowest BCUT2D eigenvalue weighted by molar-refractivity contribution is 0.145. The van der Waals surface area contributed by atoms with Crippen molar-refractivity contribution in [3.05, 3.63) is 0 Å². The third-order valence-corrected chi connectivity index (χ3v) is 1.57. The van der Waals surface area contributed by atoms with Gasteiger partial charge in [-0.15, -0.1) is 0 Å². The molecule has 1 amide bonds. The first-order valence-electron chi connectivity index (χ1n) is 4.28. The van der Waals surface area contributed by atoms with Crippen molar-refractivity contribution in [2.75, 3.05) is 13.2 Å². The number of nitrogens with one attached hydrogen (secondary N) is 1. The zero-order valence-corrected chi connectivity index (χ0v) is 7.67. The largest absolute Gasteiger partial charge is 0.450 e. The molecule has 0 aromatic heterocycles. The molecule has 0 rings (SSSR count). The summed E-state index contributed by atoms with van der Waals surface area (Å²) in [6, 6.07) is 0.0223. The molecule has 0 aromatic rings. The molecule has 72 valence electrons. The first kappa shape index (κ1) is 11.2. The Morgan fingerprint density at radius 1 is 1.58 bits per heavy atom. The van der Waals surface area contributed by atoms with Crippen LogP contribution in [0.1, 0.15) is 26.7 Å². The normalized spacial score (nSPS) is 12.2. The molecule has 0 fully saturated rings. The molecule has 2 N–H and O–H groups in total. The molecule has 1 atom stereocenters. The number of carbonyl (C=O) groups excluding carboxylic acids is 1. The van der Waals surface area contributed by atoms with Gasteiger partial charge in [0.25, 0.3) is 0 Å². The van der Waals surface area contributed by atoms with Crippen molar-refractivity contribution in [2.45, 2.75) is 32.7 Å². The van der Waals surface area contributed by atoms with E-state index < -0.39 is 6.09 Å². The van der Waals surface area contributed by atoms with Gasteiger partial charge in [0.15, 0.2) is 0 Å². The summed E-state index contributed by atoms with van der Waals surface area (Å²) in [5.41, 5.74) is 0. The molecule has 0 saturated heterocycles. The van der Waals surface area contributed by atoms with Gasteiger partial charge < -0.3 is 15.2 Å². The first-order chi connectivity index (χ1) is 5.74. The number of aliphatic hydroxyl groups excluding tert-OH is 1. The van der Waals surface area contributed by atoms with Crippen LogP contribution in [0.25, 0.3) is 0 Å². The number of rotatable bonds is 5. The van der Waals surface area contributed by atoms with Crippen LogP contribution in [0.4, 0.5) is 4.79 Å². The van der Waals surface area contributed by atoms with Crippen LogP contribution >= 0.6 is 0 Å². The van der Waals surface area contributed by atoms with Gasteiger partial charge in [-0.1, -0.05) is 6.92 Å². The fourth-order valence-electron chi connectivity index (χ4n) is 0.874. The number of amides is 1. The summed E-state index contributed by atoms with van der Waals surface area (Å²) in [4.78, 5) is 10.9. The third-order valence-electron chi connectivity index (χ3n) is 1.57. The van der Waals surface area contributed by atoms with E-state index >= 15 is 0 Å². The highest BCUT2D eigenvalue weighted by Gasteiger charge is 2.09. The van der Waals surface area contributed by atoms with Gasteiger partial charge in [-0.05, 0) is 19.8 Å². The van der Waals surface area contributed by atoms with E-state index in [1.807, 2.05) is 6.92 Å². The molecule has 0 bridgehead atoms. The zero-order chi connectivity index (χ0) is 9.40. The average Bonchev–Trinajstić information content (AvgIpc) is 2.04. The van der Waals surface area contributed by atoms with E-state index in [0.29, 0.717) is 13.0 Å². The van der Waals surface area contributed by atoms with E-state index in [4.69, 9.17) is 5.11 Å². The maximum atomic E-state index is 10.9. The van der Waals surface area contributed by atoms with Crippen molar-refractivity contribution >= 4 is 6.09 Å². The summed E-state index contributed by atoms with van der Waals surface area (Å²) < 4.78 is 4.69. The fourth-order valence-corrected chi connectivity index (χ4v) is 0.874. The van der Waals surface area contributed by atoms with Crippen LogP contribution in [0.5, 0.6) is 0 Å². The van der Waals surface area contributed by atoms with Crippen molar-refractivity contribution in [3.63, 3.8) is 0 Å². The Bertz CT molecular complexity index is 127. The van der Waals surface area contributed by atoms with Crippen LogP contribution in [0.2, 0.25) is 0 Å². The van der Waals surface area contributed by atoms with Crippen molar-refractivity contribution in [1.82, 2.24) is 5.32 Å². The molecule has 0 spiro atoms. The highest BCUT2D eigenvalue weighted by Crippen LogP contribution is 1.96. The van der Waals surface area contributed by atoms with Gasteiger partial charge in [0.2, 0.25) is 0 Å². The van der Waals surface area contributed by atoms with Gasteiger partial charge in [-0.3, -0.25) is 0 Å². The van der Waals surface area contributed by atoms with Crippen LogP contribution in [0.15, 0.2) is 0 Å². The highest BCUT2D eigenvalue weighted by molar-refractivity contribution is 5.67. The maximum Gasteiger partial charge on any atom is 0.407 e. The van der Waals surface area contributed by atoms with Gasteiger partial charge in [0.1, 0.15) is 0 Å². The van der Waals surface area contributed by atoms with Crippen LogP contribution < -0.4 is 5.32 Å². The van der Waals surface area contributed by atoms with Gasteiger partial charge in [-0.25, -0.2) is 4.79 Å². The van der Waals surface area contributed by atoms with E-state index in [2.05, 4.69) is 10.1 Å². The third kappa shape index (κ3) is 4.96. The lowest BCUT2D eigenvalue weighted by Gasteiger charge is -2.14. The molecular weight excluding hydrogens is 158 g/mol. The fraction of sp³-hybridized carbons (Fsp3) is 0.875. The standard InChI is InChI=1S/C8H17NO3/c1-3-7(5-6-10)9-8(11)12-4-2/h7,10H,3-6H2,1-2H3,(H,9,11). The molecule has 0 saturated carbocycles. The second-order valence-electron chi connectivity index (χ2n) is 2.48. The quantitative estimate of drug-likeness (QED) is 0.652. The zero-order valence-electron chi connectivity index (χ0n) is 7.67. The molecule has 0 aliphatic rings. The minimum atomic E-state index is -0.405. The molecule has 0 aromatic carbocycles. The number of carbonyl (C=O) groups is 1. The Labute approximate surface area is 72.9 Å². The SMILES string of the molecule is CCOC(=O)NC(CC)CCO. The van der Waals surface area contributed by atoms with E-state index in [1.54, 1.807) is 6.92 Å². The predicted octanol–water partition coefficient (Wildman–Crippen LogP) is 0.893. The van der Waals surface area contributed by atoms with Gasteiger partial charge >= 0.3 is 6.09 Å². The monoisotopic (exact) mass is 175 g/mol. The Morgan fingerprint density at radius 3 is 2.67 bits per heavy atom. The van der Waals surface area contributed by atoms with Crippen molar-refractivity contribution < 1.29 is 14.6 Å². The molecule has 0 heterocycles. The topological polar surface area (TPSA) is 58.6 Å². The molecule has 4 heteroatoms. The Morgan fingerprint density at radius 2 is 2.25 bits per heavy atom. The van der Waals surface area contributed by atoms with E-state index in [0.717, 1.165) is 6.42 Å². The number of alkyl carbamates (subject to hydrolysis) is 1. The van der Waals surface area contributed by atoms with Crippen LogP contribution in [-0.2, 0) is 4.74 Å². The molecule has 0 aliphatic heterocycles. The Balaban J connectivity index is 3.61. The average molecular weight is 175 g/mol. The molecule has 1 unspecified atom stereocenters. The van der Waals surface area contributed by atoms with Crippen LogP contribution in [0.3, 0.4) is 0 Å². The van der Waals surface area contributed by atoms with E-state index in [-0.39, 0.29) is 12.6 Å². The Hall–Kier alpha value is -0.770. The first-order valence-corrected chi connectivity index (χ1v) is 4.28. The molecule has 4 nitrogen and oxygen atoms in total. The molecule has 0 radical (unpaired) electrons. The summed E-state index contributed by atoms with van der Waals surface area (Å²) >= 11 is 0. The molecular formula is C8H17NO3. The number of hydrogen-bond acceptors (Lipinski definition) is 3. The summed E-state index contributed by atoms with van der Waals surface area (Å²) in [7, 11) is 0. The van der Waals surface area contributed by atoms with Crippen molar-refractivity contribution in [2.24, 2.45) is 0 Å². The number of ether oxygens (including phenoxy) is 1. The van der Waals surface area contributed by atoms with Crippen molar-refractivity contribution in [1.29, 1.82) is 0 Å². The second-order valence-corrected chi connectivity index (χ2v) is 2.48. The smallest absolute Gasteiger partial charge is 0.407 e. The summed E-state index contributed by atoms with van der Waals surface area (Å²) in [5, 5.41) is 11.3. The van der Waals surface area contributed by atoms with Crippen LogP contribution in [0, 0.1) is 0 Å². The number of hydrogen-bond donors (Lipinski definition) is 2. The Kier molecular flexibility index (Phi) is 6.47. The summed E-state index contributed by atoms with van der Waals surface area (Å²) in [5.74, 6) is 0. The summed E-state index contributed by atoms with van der Waals surface area (Å²) in [6.45, 7) is 4.17. The number of aliphatic hydroxyl groups is 1. The van der Waals surface area contributed by atoms with Crippen molar-refractivity contribution in [3.8, 4) is 0 Å². The van der Waals surface area contributed by atoms with Gasteiger partial charge in [0, 0.05) is 12.6 Å². The van der Waals surface area contributed by atoms with Gasteiger partial charge in [0.05, 0.1) is 6.61 Å². The molecule has 0 aliphatic carbocycles.